The molecule has 0 bridgehead atoms. The topological polar surface area (TPSA) is 99.8 Å². The summed E-state index contributed by atoms with van der Waals surface area (Å²) in [5.41, 5.74) is 2.94. The molecule has 1 aromatic heterocycles. The van der Waals surface area contributed by atoms with Gasteiger partial charge in [0, 0.05) is 40.8 Å². The summed E-state index contributed by atoms with van der Waals surface area (Å²) in [6.07, 6.45) is 6.74. The Morgan fingerprint density at radius 3 is 2.84 bits per heavy atom. The summed E-state index contributed by atoms with van der Waals surface area (Å²) in [5, 5.41) is 21.2. The molecule has 0 aliphatic heterocycles. The summed E-state index contributed by atoms with van der Waals surface area (Å²) in [5.74, 6) is 0.0647. The maximum atomic E-state index is 12.5. The Bertz CT molecular complexity index is 932. The third-order valence-electron chi connectivity index (χ3n) is 4.61. The predicted molar refractivity (Wildman–Crippen MR) is 95.1 cm³/mol. The number of allylic oxidation sites excluding steroid dienone is 2. The van der Waals surface area contributed by atoms with Crippen LogP contribution >= 0.6 is 0 Å². The molecule has 1 aliphatic rings. The van der Waals surface area contributed by atoms with Crippen molar-refractivity contribution in [2.24, 2.45) is 0 Å². The highest BCUT2D eigenvalue weighted by molar-refractivity contribution is 6.25. The highest BCUT2D eigenvalue weighted by atomic mass is 16.6. The van der Waals surface area contributed by atoms with Crippen LogP contribution in [0.4, 0.5) is 5.69 Å². The molecule has 2 aromatic rings. The maximum Gasteiger partial charge on any atom is 0.271 e. The third-order valence-corrected chi connectivity index (χ3v) is 4.61. The molecule has 3 rings (SSSR count). The van der Waals surface area contributed by atoms with Gasteiger partial charge in [-0.05, 0) is 25.7 Å². The number of hydrogen-bond donors (Lipinski definition) is 1. The minimum Gasteiger partial charge on any atom is -0.357 e. The number of aryl methyl sites for hydroxylation is 1. The van der Waals surface area contributed by atoms with E-state index in [0.717, 1.165) is 43.4 Å². The summed E-state index contributed by atoms with van der Waals surface area (Å²) in [6.45, 7) is 2.08. The highest BCUT2D eigenvalue weighted by Gasteiger charge is 2.25. The lowest BCUT2D eigenvalue weighted by molar-refractivity contribution is -0.384. The summed E-state index contributed by atoms with van der Waals surface area (Å²) in [6, 6.07) is 4.79. The molecule has 0 atom stereocenters. The molecule has 25 heavy (non-hydrogen) atoms. The second-order valence-electron chi connectivity index (χ2n) is 6.30. The van der Waals surface area contributed by atoms with E-state index in [2.05, 4.69) is 11.9 Å². The van der Waals surface area contributed by atoms with Crippen LogP contribution in [0.2, 0.25) is 0 Å². The Kier molecular flexibility index (Phi) is 4.66. The van der Waals surface area contributed by atoms with Crippen molar-refractivity contribution in [3.05, 3.63) is 45.1 Å². The van der Waals surface area contributed by atoms with Crippen LogP contribution in [0, 0.1) is 21.4 Å². The van der Waals surface area contributed by atoms with E-state index in [1.165, 1.54) is 12.1 Å². The Hall–Kier alpha value is -2.94. The van der Waals surface area contributed by atoms with Crippen LogP contribution < -0.4 is 0 Å². The zero-order valence-electron chi connectivity index (χ0n) is 14.1. The van der Waals surface area contributed by atoms with Gasteiger partial charge in [0.15, 0.2) is 5.78 Å². The molecule has 1 aromatic carbocycles. The zero-order valence-corrected chi connectivity index (χ0v) is 14.1. The molecule has 0 fully saturated rings. The average Bonchev–Trinajstić information content (AvgIpc) is 2.97. The number of nitro benzene ring substituents is 1. The number of fused-ring (bicyclic) bond motifs is 1. The molecule has 1 aliphatic carbocycles. The van der Waals surface area contributed by atoms with E-state index in [4.69, 9.17) is 0 Å². The van der Waals surface area contributed by atoms with E-state index in [1.807, 2.05) is 12.1 Å². The molecule has 0 radical (unpaired) electrons. The number of rotatable bonds is 5. The summed E-state index contributed by atoms with van der Waals surface area (Å²) >= 11 is 0. The molecular formula is C19H19N3O3. The van der Waals surface area contributed by atoms with Crippen molar-refractivity contribution < 1.29 is 9.72 Å². The minimum atomic E-state index is -0.500. The Morgan fingerprint density at radius 1 is 1.40 bits per heavy atom. The molecule has 0 saturated carbocycles. The van der Waals surface area contributed by atoms with Crippen LogP contribution in [0.5, 0.6) is 0 Å². The smallest absolute Gasteiger partial charge is 0.271 e. The van der Waals surface area contributed by atoms with E-state index in [1.54, 1.807) is 0 Å². The Morgan fingerprint density at radius 2 is 2.20 bits per heavy atom. The van der Waals surface area contributed by atoms with Gasteiger partial charge in [0.1, 0.15) is 6.07 Å². The SMILES string of the molecule is CCCCc1[nH]c2c(C#N)cc([N+](=O)[O-])cc2c1C1=CCCCC1=O. The number of unbranched alkanes of at least 4 members (excludes halogenated alkanes) is 1. The van der Waals surface area contributed by atoms with Gasteiger partial charge in [-0.2, -0.15) is 5.26 Å². The molecule has 6 nitrogen and oxygen atoms in total. The van der Waals surface area contributed by atoms with E-state index < -0.39 is 4.92 Å². The van der Waals surface area contributed by atoms with Crippen molar-refractivity contribution >= 4 is 27.9 Å². The monoisotopic (exact) mass is 337 g/mol. The van der Waals surface area contributed by atoms with Gasteiger partial charge in [0.05, 0.1) is 16.0 Å². The number of ketones is 1. The Balaban J connectivity index is 2.32. The molecule has 0 amide bonds. The van der Waals surface area contributed by atoms with Crippen LogP contribution in [0.25, 0.3) is 16.5 Å². The molecule has 1 heterocycles. The van der Waals surface area contributed by atoms with E-state index in [9.17, 15) is 20.2 Å². The molecule has 1 N–H and O–H groups in total. The van der Waals surface area contributed by atoms with Gasteiger partial charge in [-0.3, -0.25) is 14.9 Å². The van der Waals surface area contributed by atoms with Crippen molar-refractivity contribution in [2.45, 2.75) is 45.4 Å². The number of carbonyl (C=O) groups is 1. The zero-order chi connectivity index (χ0) is 18.0. The number of non-ortho nitro benzene ring substituents is 1. The second-order valence-corrected chi connectivity index (χ2v) is 6.30. The third kappa shape index (κ3) is 3.05. The highest BCUT2D eigenvalue weighted by Crippen LogP contribution is 2.37. The number of aromatic amines is 1. The standard InChI is InChI=1S/C19H19N3O3/c1-2-3-7-16-18(14-6-4-5-8-17(14)23)15-10-13(22(24)25)9-12(11-20)19(15)21-16/h6,9-10,21H,2-5,7-8H2,1H3. The van der Waals surface area contributed by atoms with Crippen LogP contribution in [0.3, 0.4) is 0 Å². The first-order valence-electron chi connectivity index (χ1n) is 8.53. The molecule has 6 heteroatoms. The number of nitriles is 1. The van der Waals surface area contributed by atoms with Crippen molar-refractivity contribution in [2.75, 3.05) is 0 Å². The first-order chi connectivity index (χ1) is 12.1. The fraction of sp³-hybridized carbons (Fsp3) is 0.368. The molecule has 0 unspecified atom stereocenters. The molecule has 0 spiro atoms. The largest absolute Gasteiger partial charge is 0.357 e. The molecule has 0 saturated heterocycles. The van der Waals surface area contributed by atoms with E-state index in [0.29, 0.717) is 22.9 Å². The van der Waals surface area contributed by atoms with Gasteiger partial charge < -0.3 is 4.98 Å². The van der Waals surface area contributed by atoms with Gasteiger partial charge in [-0.25, -0.2) is 0 Å². The van der Waals surface area contributed by atoms with Crippen LogP contribution in [-0.2, 0) is 11.2 Å². The summed E-state index contributed by atoms with van der Waals surface area (Å²) in [4.78, 5) is 26.5. The van der Waals surface area contributed by atoms with Crippen LogP contribution in [0.1, 0.15) is 55.8 Å². The average molecular weight is 337 g/mol. The maximum absolute atomic E-state index is 12.5. The number of nitro groups is 1. The van der Waals surface area contributed by atoms with Crippen molar-refractivity contribution in [3.63, 3.8) is 0 Å². The lowest BCUT2D eigenvalue weighted by Crippen LogP contribution is -2.07. The quantitative estimate of drug-likeness (QED) is 0.644. The molecule has 128 valence electrons. The number of nitrogens with zero attached hydrogens (tertiary/aromatic N) is 2. The van der Waals surface area contributed by atoms with Gasteiger partial charge in [0.25, 0.3) is 5.69 Å². The summed E-state index contributed by atoms with van der Waals surface area (Å²) in [7, 11) is 0. The number of nitrogens with one attached hydrogen (secondary N) is 1. The van der Waals surface area contributed by atoms with Crippen LogP contribution in [-0.4, -0.2) is 15.7 Å². The van der Waals surface area contributed by atoms with Gasteiger partial charge >= 0.3 is 0 Å². The van der Waals surface area contributed by atoms with Crippen molar-refractivity contribution in [3.8, 4) is 6.07 Å². The number of aromatic nitrogens is 1. The van der Waals surface area contributed by atoms with Gasteiger partial charge in [-0.15, -0.1) is 0 Å². The number of hydrogen-bond acceptors (Lipinski definition) is 4. The van der Waals surface area contributed by atoms with Crippen molar-refractivity contribution in [1.29, 1.82) is 5.26 Å². The first-order valence-corrected chi connectivity index (χ1v) is 8.53. The number of H-pyrrole nitrogens is 1. The normalized spacial score (nSPS) is 14.4. The number of carbonyl (C=O) groups excluding carboxylic acids is 1. The van der Waals surface area contributed by atoms with E-state index >= 15 is 0 Å². The van der Waals surface area contributed by atoms with Gasteiger partial charge in [0.2, 0.25) is 0 Å². The fourth-order valence-electron chi connectivity index (χ4n) is 3.38. The molecular weight excluding hydrogens is 318 g/mol. The number of benzene rings is 1. The lowest BCUT2D eigenvalue weighted by atomic mass is 9.89. The Labute approximate surface area is 145 Å². The minimum absolute atomic E-state index is 0.0647. The van der Waals surface area contributed by atoms with E-state index in [-0.39, 0.29) is 17.0 Å². The second kappa shape index (κ2) is 6.89. The summed E-state index contributed by atoms with van der Waals surface area (Å²) < 4.78 is 0. The van der Waals surface area contributed by atoms with Gasteiger partial charge in [-0.1, -0.05) is 19.4 Å². The predicted octanol–water partition coefficient (Wildman–Crippen LogP) is 4.43. The number of Topliss-reactive ketones (excluding diaryl/α,β-unsaturated/α-hetero) is 1. The lowest BCUT2D eigenvalue weighted by Gasteiger charge is -2.13. The van der Waals surface area contributed by atoms with Crippen LogP contribution in [0.15, 0.2) is 18.2 Å². The fourth-order valence-corrected chi connectivity index (χ4v) is 3.38. The van der Waals surface area contributed by atoms with Crippen molar-refractivity contribution in [1.82, 2.24) is 4.98 Å². The first kappa shape index (κ1) is 16.9.